The Morgan fingerprint density at radius 1 is 1.30 bits per heavy atom. The van der Waals surface area contributed by atoms with Crippen molar-refractivity contribution in [1.29, 1.82) is 0 Å². The van der Waals surface area contributed by atoms with Crippen LogP contribution in [0, 0.1) is 0 Å². The lowest BCUT2D eigenvalue weighted by molar-refractivity contribution is -0.0504. The second-order valence-electron chi connectivity index (χ2n) is 4.30. The molecule has 0 saturated carbocycles. The van der Waals surface area contributed by atoms with Crippen molar-refractivity contribution in [3.05, 3.63) is 27.7 Å². The number of benzene rings is 1. The van der Waals surface area contributed by atoms with Gasteiger partial charge in [-0.3, -0.25) is 4.99 Å². The van der Waals surface area contributed by atoms with Crippen LogP contribution in [0.1, 0.15) is 12.5 Å². The van der Waals surface area contributed by atoms with Crippen molar-refractivity contribution in [2.75, 3.05) is 26.8 Å². The summed E-state index contributed by atoms with van der Waals surface area (Å²) in [6, 6.07) is 2.85. The van der Waals surface area contributed by atoms with Gasteiger partial charge in [0.2, 0.25) is 0 Å². The van der Waals surface area contributed by atoms with Gasteiger partial charge in [0.05, 0.1) is 11.6 Å². The molecule has 0 saturated heterocycles. The van der Waals surface area contributed by atoms with E-state index in [1.54, 1.807) is 7.05 Å². The SMILES string of the molecule is CCOCCNC(=NC)NCc1cc(Cl)cc(Cl)c1OC(F)F. The molecule has 0 aliphatic rings. The van der Waals surface area contributed by atoms with Gasteiger partial charge in [-0.25, -0.2) is 0 Å². The topological polar surface area (TPSA) is 54.9 Å². The third-order valence-electron chi connectivity index (χ3n) is 2.71. The van der Waals surface area contributed by atoms with Crippen LogP contribution in [0.15, 0.2) is 17.1 Å². The van der Waals surface area contributed by atoms with E-state index in [0.29, 0.717) is 36.3 Å². The van der Waals surface area contributed by atoms with Crippen LogP contribution in [-0.2, 0) is 11.3 Å². The molecule has 130 valence electrons. The van der Waals surface area contributed by atoms with Crippen LogP contribution in [-0.4, -0.2) is 39.4 Å². The predicted molar refractivity (Wildman–Crippen MR) is 87.8 cm³/mol. The molecule has 0 heterocycles. The van der Waals surface area contributed by atoms with Gasteiger partial charge < -0.3 is 20.1 Å². The summed E-state index contributed by atoms with van der Waals surface area (Å²) in [6.07, 6.45) is 0. The van der Waals surface area contributed by atoms with E-state index in [2.05, 4.69) is 20.4 Å². The molecule has 0 atom stereocenters. The summed E-state index contributed by atoms with van der Waals surface area (Å²) in [6.45, 7) is 0.806. The monoisotopic (exact) mass is 369 g/mol. The van der Waals surface area contributed by atoms with E-state index in [1.807, 2.05) is 6.92 Å². The lowest BCUT2D eigenvalue weighted by Gasteiger charge is -2.16. The normalized spacial score (nSPS) is 11.7. The Balaban J connectivity index is 2.71. The minimum atomic E-state index is -2.98. The van der Waals surface area contributed by atoms with Gasteiger partial charge in [0.25, 0.3) is 0 Å². The highest BCUT2D eigenvalue weighted by molar-refractivity contribution is 6.35. The molecular formula is C14H19Cl2F2N3O2. The number of rotatable bonds is 8. The second kappa shape index (κ2) is 10.5. The number of ether oxygens (including phenoxy) is 2. The molecule has 0 amide bonds. The Hall–Kier alpha value is -1.31. The first kappa shape index (κ1) is 19.7. The fourth-order valence-electron chi connectivity index (χ4n) is 1.75. The summed E-state index contributed by atoms with van der Waals surface area (Å²) in [5.74, 6) is 0.382. The Kier molecular flexibility index (Phi) is 8.98. The van der Waals surface area contributed by atoms with Gasteiger partial charge in [0.15, 0.2) is 5.96 Å². The molecule has 0 aromatic heterocycles. The van der Waals surface area contributed by atoms with Gasteiger partial charge in [-0.1, -0.05) is 23.2 Å². The number of hydrogen-bond donors (Lipinski definition) is 2. The van der Waals surface area contributed by atoms with Crippen LogP contribution in [0.5, 0.6) is 5.75 Å². The van der Waals surface area contributed by atoms with Crippen molar-refractivity contribution in [3.63, 3.8) is 0 Å². The maximum atomic E-state index is 12.5. The molecule has 2 N–H and O–H groups in total. The molecular weight excluding hydrogens is 351 g/mol. The van der Waals surface area contributed by atoms with E-state index in [9.17, 15) is 8.78 Å². The summed E-state index contributed by atoms with van der Waals surface area (Å²) in [5, 5.41) is 6.34. The number of nitrogens with zero attached hydrogens (tertiary/aromatic N) is 1. The van der Waals surface area contributed by atoms with Crippen molar-refractivity contribution in [2.45, 2.75) is 20.1 Å². The van der Waals surface area contributed by atoms with Crippen LogP contribution >= 0.6 is 23.2 Å². The van der Waals surface area contributed by atoms with Gasteiger partial charge in [-0.2, -0.15) is 8.78 Å². The van der Waals surface area contributed by atoms with Crippen LogP contribution in [0.2, 0.25) is 10.0 Å². The Labute approximate surface area is 144 Å². The highest BCUT2D eigenvalue weighted by Crippen LogP contribution is 2.33. The fourth-order valence-corrected chi connectivity index (χ4v) is 2.33. The average molecular weight is 370 g/mol. The zero-order valence-electron chi connectivity index (χ0n) is 12.8. The zero-order valence-corrected chi connectivity index (χ0v) is 14.3. The first-order chi connectivity index (χ1) is 11.0. The number of guanidine groups is 1. The summed E-state index contributed by atoms with van der Waals surface area (Å²) in [7, 11) is 1.59. The summed E-state index contributed by atoms with van der Waals surface area (Å²) < 4.78 is 34.7. The Bertz CT molecular complexity index is 531. The van der Waals surface area contributed by atoms with Crippen molar-refractivity contribution < 1.29 is 18.3 Å². The third kappa shape index (κ3) is 7.20. The Morgan fingerprint density at radius 2 is 2.04 bits per heavy atom. The molecule has 1 aromatic rings. The highest BCUT2D eigenvalue weighted by atomic mass is 35.5. The number of aliphatic imine (C=N–C) groups is 1. The molecule has 0 spiro atoms. The van der Waals surface area contributed by atoms with Crippen LogP contribution in [0.25, 0.3) is 0 Å². The highest BCUT2D eigenvalue weighted by Gasteiger charge is 2.15. The smallest absolute Gasteiger partial charge is 0.387 e. The van der Waals surface area contributed by atoms with Gasteiger partial charge in [-0.15, -0.1) is 0 Å². The standard InChI is InChI=1S/C14H19Cl2F2N3O2/c1-3-22-5-4-20-14(19-2)21-8-9-6-10(15)7-11(16)12(9)23-13(17)18/h6-7,13H,3-5,8H2,1-2H3,(H2,19,20,21). The third-order valence-corrected chi connectivity index (χ3v) is 3.20. The molecule has 1 rings (SSSR count). The molecule has 0 aliphatic heterocycles. The van der Waals surface area contributed by atoms with Gasteiger partial charge in [-0.05, 0) is 19.1 Å². The van der Waals surface area contributed by atoms with Crippen molar-refractivity contribution >= 4 is 29.2 Å². The summed E-state index contributed by atoms with van der Waals surface area (Å²) >= 11 is 11.8. The maximum absolute atomic E-state index is 12.5. The molecule has 0 aliphatic carbocycles. The van der Waals surface area contributed by atoms with Crippen LogP contribution in [0.4, 0.5) is 8.78 Å². The first-order valence-electron chi connectivity index (χ1n) is 6.92. The summed E-state index contributed by atoms with van der Waals surface area (Å²) in [4.78, 5) is 4.02. The quantitative estimate of drug-likeness (QED) is 0.419. The van der Waals surface area contributed by atoms with Crippen molar-refractivity contribution in [3.8, 4) is 5.75 Å². The van der Waals surface area contributed by atoms with E-state index in [0.717, 1.165) is 0 Å². The minimum absolute atomic E-state index is 0.0221. The van der Waals surface area contributed by atoms with Crippen LogP contribution < -0.4 is 15.4 Å². The van der Waals surface area contributed by atoms with Crippen molar-refractivity contribution in [1.82, 2.24) is 10.6 Å². The molecule has 0 fully saturated rings. The Morgan fingerprint density at radius 3 is 2.65 bits per heavy atom. The van der Waals surface area contributed by atoms with Gasteiger partial charge >= 0.3 is 6.61 Å². The van der Waals surface area contributed by atoms with E-state index in [-0.39, 0.29) is 17.3 Å². The fraction of sp³-hybridized carbons (Fsp3) is 0.500. The van der Waals surface area contributed by atoms with E-state index in [1.165, 1.54) is 12.1 Å². The number of halogens is 4. The van der Waals surface area contributed by atoms with Gasteiger partial charge in [0, 0.05) is 37.3 Å². The number of nitrogens with one attached hydrogen (secondary N) is 2. The summed E-state index contributed by atoms with van der Waals surface area (Å²) in [5.41, 5.74) is 0.399. The largest absolute Gasteiger partial charge is 0.433 e. The van der Waals surface area contributed by atoms with Crippen LogP contribution in [0.3, 0.4) is 0 Å². The van der Waals surface area contributed by atoms with E-state index >= 15 is 0 Å². The van der Waals surface area contributed by atoms with E-state index < -0.39 is 6.61 Å². The maximum Gasteiger partial charge on any atom is 0.387 e. The molecule has 0 bridgehead atoms. The second-order valence-corrected chi connectivity index (χ2v) is 5.15. The molecule has 9 heteroatoms. The molecule has 5 nitrogen and oxygen atoms in total. The molecule has 23 heavy (non-hydrogen) atoms. The first-order valence-corrected chi connectivity index (χ1v) is 7.68. The number of alkyl halides is 2. The minimum Gasteiger partial charge on any atom is -0.433 e. The zero-order chi connectivity index (χ0) is 17.2. The van der Waals surface area contributed by atoms with E-state index in [4.69, 9.17) is 27.9 Å². The molecule has 0 radical (unpaired) electrons. The number of hydrogen-bond acceptors (Lipinski definition) is 3. The molecule has 1 aromatic carbocycles. The lowest BCUT2D eigenvalue weighted by Crippen LogP contribution is -2.38. The lowest BCUT2D eigenvalue weighted by atomic mass is 10.2. The predicted octanol–water partition coefficient (Wildman–Crippen LogP) is 3.30. The molecule has 0 unspecified atom stereocenters. The average Bonchev–Trinajstić information content (AvgIpc) is 2.49. The van der Waals surface area contributed by atoms with Crippen molar-refractivity contribution in [2.24, 2.45) is 4.99 Å². The van der Waals surface area contributed by atoms with Gasteiger partial charge in [0.1, 0.15) is 5.75 Å².